The Morgan fingerprint density at radius 1 is 1.13 bits per heavy atom. The molecule has 23 heavy (non-hydrogen) atoms. The highest BCUT2D eigenvalue weighted by Crippen LogP contribution is 2.21. The largest absolute Gasteiger partial charge is 0.357 e. The van der Waals surface area contributed by atoms with Gasteiger partial charge in [0.1, 0.15) is 0 Å². The minimum absolute atomic E-state index is 0. The summed E-state index contributed by atoms with van der Waals surface area (Å²) in [5, 5.41) is 3.52. The van der Waals surface area contributed by atoms with Crippen molar-refractivity contribution in [2.75, 3.05) is 45.8 Å². The van der Waals surface area contributed by atoms with Crippen LogP contribution in [-0.4, -0.2) is 61.6 Å². The quantitative estimate of drug-likeness (QED) is 0.408. The van der Waals surface area contributed by atoms with Crippen LogP contribution in [-0.2, 0) is 0 Å². The maximum absolute atomic E-state index is 4.99. The van der Waals surface area contributed by atoms with Crippen LogP contribution < -0.4 is 5.32 Å². The zero-order valence-corrected chi connectivity index (χ0v) is 17.9. The van der Waals surface area contributed by atoms with Gasteiger partial charge >= 0.3 is 0 Å². The predicted octanol–water partition coefficient (Wildman–Crippen LogP) is 3.28. The Bertz CT molecular complexity index is 351. The van der Waals surface area contributed by atoms with E-state index in [-0.39, 0.29) is 24.0 Å². The molecule has 0 amide bonds. The topological polar surface area (TPSA) is 30.9 Å². The van der Waals surface area contributed by atoms with Crippen LogP contribution in [0, 0.1) is 17.8 Å². The van der Waals surface area contributed by atoms with Crippen LogP contribution in [0.4, 0.5) is 0 Å². The van der Waals surface area contributed by atoms with Crippen LogP contribution in [0.15, 0.2) is 4.99 Å². The van der Waals surface area contributed by atoms with Crippen LogP contribution in [0.3, 0.4) is 0 Å². The van der Waals surface area contributed by atoms with E-state index in [0.717, 1.165) is 49.9 Å². The van der Waals surface area contributed by atoms with E-state index in [9.17, 15) is 0 Å². The Morgan fingerprint density at radius 3 is 2.43 bits per heavy atom. The lowest BCUT2D eigenvalue weighted by atomic mass is 9.92. The van der Waals surface area contributed by atoms with Crippen molar-refractivity contribution in [2.45, 2.75) is 47.0 Å². The third kappa shape index (κ3) is 6.77. The molecule has 0 aromatic rings. The molecule has 0 aliphatic carbocycles. The van der Waals surface area contributed by atoms with Gasteiger partial charge in [0.15, 0.2) is 5.96 Å². The van der Waals surface area contributed by atoms with Crippen molar-refractivity contribution in [3.8, 4) is 0 Å². The summed E-state index contributed by atoms with van der Waals surface area (Å²) in [6.07, 6.45) is 3.93. The summed E-state index contributed by atoms with van der Waals surface area (Å²) in [5.41, 5.74) is 0. The maximum atomic E-state index is 4.99. The molecule has 2 aliphatic rings. The first-order chi connectivity index (χ1) is 10.6. The fourth-order valence-electron chi connectivity index (χ4n) is 4.06. The summed E-state index contributed by atoms with van der Waals surface area (Å²) >= 11 is 0. The van der Waals surface area contributed by atoms with Crippen molar-refractivity contribution in [2.24, 2.45) is 22.7 Å². The molecule has 3 atom stereocenters. The van der Waals surface area contributed by atoms with Crippen LogP contribution in [0.25, 0.3) is 0 Å². The number of nitrogens with one attached hydrogen (secondary N) is 1. The van der Waals surface area contributed by atoms with E-state index in [0.29, 0.717) is 0 Å². The van der Waals surface area contributed by atoms with Crippen LogP contribution in [0.1, 0.15) is 47.0 Å². The zero-order valence-electron chi connectivity index (χ0n) is 15.6. The van der Waals surface area contributed by atoms with Gasteiger partial charge in [-0.3, -0.25) is 4.99 Å². The van der Waals surface area contributed by atoms with Gasteiger partial charge in [-0.25, -0.2) is 0 Å². The fourth-order valence-corrected chi connectivity index (χ4v) is 4.06. The molecule has 3 unspecified atom stereocenters. The normalized spacial score (nSPS) is 29.5. The lowest BCUT2D eigenvalue weighted by molar-refractivity contribution is 0.208. The number of aliphatic imine (C=N–C) groups is 1. The molecule has 2 fully saturated rings. The van der Waals surface area contributed by atoms with Crippen molar-refractivity contribution in [3.05, 3.63) is 0 Å². The predicted molar refractivity (Wildman–Crippen MR) is 111 cm³/mol. The number of nitrogens with zero attached hydrogens (tertiary/aromatic N) is 3. The van der Waals surface area contributed by atoms with Crippen molar-refractivity contribution in [1.29, 1.82) is 0 Å². The van der Waals surface area contributed by atoms with E-state index < -0.39 is 0 Å². The molecular formula is C18H37IN4. The molecule has 2 rings (SSSR count). The molecule has 0 aromatic carbocycles. The first-order valence-electron chi connectivity index (χ1n) is 9.37. The van der Waals surface area contributed by atoms with Crippen LogP contribution in [0.2, 0.25) is 0 Å². The SMILES string of the molecule is CCCN1CCC(CN=C(NCC)N2CC(C)CC(C)C2)C1.I. The van der Waals surface area contributed by atoms with E-state index in [1.54, 1.807) is 0 Å². The second-order valence-electron chi connectivity index (χ2n) is 7.50. The Kier molecular flexibility index (Phi) is 9.82. The number of piperidine rings is 1. The number of hydrogen-bond donors (Lipinski definition) is 1. The van der Waals surface area contributed by atoms with Gasteiger partial charge in [-0.05, 0) is 57.0 Å². The monoisotopic (exact) mass is 436 g/mol. The van der Waals surface area contributed by atoms with Gasteiger partial charge in [-0.2, -0.15) is 0 Å². The molecule has 0 spiro atoms. The molecule has 0 radical (unpaired) electrons. The molecule has 2 aliphatic heterocycles. The van der Waals surface area contributed by atoms with Gasteiger partial charge in [-0.1, -0.05) is 20.8 Å². The molecule has 0 aromatic heterocycles. The molecule has 2 heterocycles. The van der Waals surface area contributed by atoms with Crippen molar-refractivity contribution >= 4 is 29.9 Å². The van der Waals surface area contributed by atoms with E-state index in [2.05, 4.69) is 42.8 Å². The lowest BCUT2D eigenvalue weighted by Gasteiger charge is -2.37. The fraction of sp³-hybridized carbons (Fsp3) is 0.944. The van der Waals surface area contributed by atoms with Gasteiger partial charge in [0.2, 0.25) is 0 Å². The molecule has 4 nitrogen and oxygen atoms in total. The second-order valence-corrected chi connectivity index (χ2v) is 7.50. The minimum Gasteiger partial charge on any atom is -0.357 e. The van der Waals surface area contributed by atoms with Crippen molar-refractivity contribution < 1.29 is 0 Å². The molecule has 0 saturated carbocycles. The van der Waals surface area contributed by atoms with Gasteiger partial charge in [0, 0.05) is 32.7 Å². The third-order valence-corrected chi connectivity index (χ3v) is 4.91. The second kappa shape index (κ2) is 10.7. The first-order valence-corrected chi connectivity index (χ1v) is 9.37. The Hall–Kier alpha value is -0.0400. The van der Waals surface area contributed by atoms with E-state index in [4.69, 9.17) is 4.99 Å². The Balaban J connectivity index is 0.00000264. The van der Waals surface area contributed by atoms with Crippen molar-refractivity contribution in [3.63, 3.8) is 0 Å². The Labute approximate surface area is 160 Å². The summed E-state index contributed by atoms with van der Waals surface area (Å²) in [6, 6.07) is 0. The minimum atomic E-state index is 0. The smallest absolute Gasteiger partial charge is 0.193 e. The third-order valence-electron chi connectivity index (χ3n) is 4.91. The summed E-state index contributed by atoms with van der Waals surface area (Å²) in [5.74, 6) is 3.45. The number of halogens is 1. The van der Waals surface area contributed by atoms with Gasteiger partial charge in [0.25, 0.3) is 0 Å². The van der Waals surface area contributed by atoms with E-state index in [1.165, 1.54) is 38.9 Å². The zero-order chi connectivity index (χ0) is 15.9. The number of hydrogen-bond acceptors (Lipinski definition) is 2. The van der Waals surface area contributed by atoms with Crippen LogP contribution in [0.5, 0.6) is 0 Å². The van der Waals surface area contributed by atoms with E-state index >= 15 is 0 Å². The van der Waals surface area contributed by atoms with E-state index in [1.807, 2.05) is 0 Å². The van der Waals surface area contributed by atoms with Gasteiger partial charge < -0.3 is 15.1 Å². The highest BCUT2D eigenvalue weighted by Gasteiger charge is 2.25. The average molecular weight is 436 g/mol. The van der Waals surface area contributed by atoms with Gasteiger partial charge in [0.05, 0.1) is 0 Å². The number of guanidine groups is 1. The number of likely N-dealkylation sites (tertiary alicyclic amines) is 2. The number of rotatable bonds is 5. The summed E-state index contributed by atoms with van der Waals surface area (Å²) < 4.78 is 0. The summed E-state index contributed by atoms with van der Waals surface area (Å²) in [4.78, 5) is 10.1. The molecule has 5 heteroatoms. The molecule has 0 bridgehead atoms. The van der Waals surface area contributed by atoms with Crippen molar-refractivity contribution in [1.82, 2.24) is 15.1 Å². The highest BCUT2D eigenvalue weighted by atomic mass is 127. The molecular weight excluding hydrogens is 399 g/mol. The first kappa shape index (κ1) is 21.0. The highest BCUT2D eigenvalue weighted by molar-refractivity contribution is 14.0. The average Bonchev–Trinajstić information content (AvgIpc) is 2.90. The van der Waals surface area contributed by atoms with Gasteiger partial charge in [-0.15, -0.1) is 24.0 Å². The summed E-state index contributed by atoms with van der Waals surface area (Å²) in [7, 11) is 0. The molecule has 2 saturated heterocycles. The molecule has 1 N–H and O–H groups in total. The summed E-state index contributed by atoms with van der Waals surface area (Å²) in [6.45, 7) is 17.2. The lowest BCUT2D eigenvalue weighted by Crippen LogP contribution is -2.48. The maximum Gasteiger partial charge on any atom is 0.193 e. The van der Waals surface area contributed by atoms with Crippen LogP contribution >= 0.6 is 24.0 Å². The Morgan fingerprint density at radius 2 is 1.83 bits per heavy atom. The standard InChI is InChI=1S/C18H36N4.HI/c1-5-8-21-9-7-17(14-21)11-20-18(19-6-2)22-12-15(3)10-16(4)13-22;/h15-17H,5-14H2,1-4H3,(H,19,20);1H. The molecule has 136 valence electrons.